The van der Waals surface area contributed by atoms with E-state index in [0.29, 0.717) is 25.3 Å². The summed E-state index contributed by atoms with van der Waals surface area (Å²) in [6.07, 6.45) is 6.16. The van der Waals surface area contributed by atoms with Crippen LogP contribution in [0.1, 0.15) is 61.8 Å². The number of carbonyl (C=O) groups excluding carboxylic acids is 2. The van der Waals surface area contributed by atoms with Crippen molar-refractivity contribution < 1.29 is 23.8 Å². The summed E-state index contributed by atoms with van der Waals surface area (Å²) in [6, 6.07) is 0.0384. The summed E-state index contributed by atoms with van der Waals surface area (Å²) >= 11 is 0. The predicted octanol–water partition coefficient (Wildman–Crippen LogP) is 4.76. The molecule has 1 aliphatic carbocycles. The molecule has 0 aromatic rings. The maximum atomic E-state index is 12.4. The van der Waals surface area contributed by atoms with E-state index in [1.165, 1.54) is 0 Å². The first kappa shape index (κ1) is 23.2. The molecule has 0 N–H and O–H groups in total. The van der Waals surface area contributed by atoms with Crippen LogP contribution in [-0.4, -0.2) is 47.4 Å². The smallest absolute Gasteiger partial charge is 0.410 e. The van der Waals surface area contributed by atoms with Crippen molar-refractivity contribution in [1.29, 1.82) is 0 Å². The summed E-state index contributed by atoms with van der Waals surface area (Å²) < 4.78 is 17.0. The molecule has 6 nitrogen and oxygen atoms in total. The molecule has 0 fully saturated rings. The minimum atomic E-state index is -0.658. The van der Waals surface area contributed by atoms with Crippen molar-refractivity contribution in [2.75, 3.05) is 13.2 Å². The zero-order chi connectivity index (χ0) is 22.0. The van der Waals surface area contributed by atoms with Crippen molar-refractivity contribution in [3.8, 4) is 0 Å². The van der Waals surface area contributed by atoms with Gasteiger partial charge >= 0.3 is 12.1 Å². The quantitative estimate of drug-likeness (QED) is 0.471. The van der Waals surface area contributed by atoms with E-state index in [-0.39, 0.29) is 24.0 Å². The molecule has 1 amide bonds. The lowest BCUT2D eigenvalue weighted by Crippen LogP contribution is -2.42. The van der Waals surface area contributed by atoms with Crippen molar-refractivity contribution in [2.24, 2.45) is 5.92 Å². The Balaban J connectivity index is 1.95. The van der Waals surface area contributed by atoms with Crippen molar-refractivity contribution in [2.45, 2.75) is 79.1 Å². The fourth-order valence-corrected chi connectivity index (χ4v) is 3.23. The molecule has 0 spiro atoms. The molecule has 0 aromatic carbocycles. The van der Waals surface area contributed by atoms with Crippen LogP contribution in [0.4, 0.5) is 4.79 Å². The van der Waals surface area contributed by atoms with Crippen LogP contribution in [0, 0.1) is 5.92 Å². The molecule has 2 atom stereocenters. The Morgan fingerprint density at radius 1 is 1.34 bits per heavy atom. The lowest BCUT2D eigenvalue weighted by molar-refractivity contribution is -0.143. The molecular weight excluding hydrogens is 370 g/mol. The molecule has 0 aromatic heterocycles. The first-order chi connectivity index (χ1) is 13.3. The van der Waals surface area contributed by atoms with E-state index in [2.05, 4.69) is 0 Å². The van der Waals surface area contributed by atoms with Crippen LogP contribution < -0.4 is 0 Å². The number of esters is 1. The van der Waals surface area contributed by atoms with Gasteiger partial charge in [-0.05, 0) is 79.5 Å². The number of carbonyl (C=O) groups is 2. The second-order valence-electron chi connectivity index (χ2n) is 9.23. The van der Waals surface area contributed by atoms with Gasteiger partial charge in [-0.15, -0.1) is 0 Å². The first-order valence-electron chi connectivity index (χ1n) is 10.3. The van der Waals surface area contributed by atoms with Crippen molar-refractivity contribution in [3.63, 3.8) is 0 Å². The Hall–Kier alpha value is -2.08. The van der Waals surface area contributed by atoms with Gasteiger partial charge in [-0.25, -0.2) is 4.79 Å². The highest BCUT2D eigenvalue weighted by Gasteiger charge is 2.33. The van der Waals surface area contributed by atoms with Gasteiger partial charge in [0.25, 0.3) is 0 Å². The van der Waals surface area contributed by atoms with Crippen LogP contribution in [0.15, 0.2) is 35.1 Å². The number of hydrogen-bond acceptors (Lipinski definition) is 5. The Kier molecular flexibility index (Phi) is 6.99. The molecule has 2 rings (SSSR count). The highest BCUT2D eigenvalue weighted by Crippen LogP contribution is 2.36. The van der Waals surface area contributed by atoms with E-state index in [9.17, 15) is 9.59 Å². The number of allylic oxidation sites excluding steroid dienone is 1. The molecule has 0 saturated carbocycles. The molecule has 0 radical (unpaired) electrons. The standard InChI is InChI=1S/C23H35NO5/c1-15(2)24(21(26)29-22(5,6)7)12-9-13-27-23(8)11-10-18-16(3)17(4)20(25)28-19(18)14-23/h10-11,14-15,17H,9,12-13H2,1-8H3. The molecule has 6 heteroatoms. The molecule has 2 unspecified atom stereocenters. The summed E-state index contributed by atoms with van der Waals surface area (Å²) in [4.78, 5) is 26.1. The van der Waals surface area contributed by atoms with Crippen molar-refractivity contribution in [3.05, 3.63) is 35.1 Å². The van der Waals surface area contributed by atoms with Crippen LogP contribution in [0.25, 0.3) is 0 Å². The fraction of sp³-hybridized carbons (Fsp3) is 0.652. The van der Waals surface area contributed by atoms with Crippen LogP contribution >= 0.6 is 0 Å². The number of fused-ring (bicyclic) bond motifs is 1. The predicted molar refractivity (Wildman–Crippen MR) is 112 cm³/mol. The van der Waals surface area contributed by atoms with Crippen LogP contribution in [0.3, 0.4) is 0 Å². The van der Waals surface area contributed by atoms with Gasteiger partial charge < -0.3 is 19.1 Å². The van der Waals surface area contributed by atoms with Gasteiger partial charge in [-0.2, -0.15) is 0 Å². The Labute approximate surface area is 174 Å². The van der Waals surface area contributed by atoms with Gasteiger partial charge in [-0.3, -0.25) is 4.79 Å². The number of rotatable bonds is 6. The van der Waals surface area contributed by atoms with E-state index in [0.717, 1.165) is 11.1 Å². The summed E-state index contributed by atoms with van der Waals surface area (Å²) in [5, 5.41) is 0. The van der Waals surface area contributed by atoms with E-state index in [1.54, 1.807) is 4.90 Å². The Bertz CT molecular complexity index is 741. The molecule has 2 aliphatic rings. The summed E-state index contributed by atoms with van der Waals surface area (Å²) in [5.74, 6) is 0.0974. The monoisotopic (exact) mass is 405 g/mol. The minimum Gasteiger partial charge on any atom is -0.444 e. The van der Waals surface area contributed by atoms with Crippen molar-refractivity contribution >= 4 is 12.1 Å². The Morgan fingerprint density at radius 3 is 2.59 bits per heavy atom. The average molecular weight is 406 g/mol. The summed E-state index contributed by atoms with van der Waals surface area (Å²) in [7, 11) is 0. The first-order valence-corrected chi connectivity index (χ1v) is 10.3. The number of nitrogens with zero attached hydrogens (tertiary/aromatic N) is 1. The van der Waals surface area contributed by atoms with E-state index >= 15 is 0 Å². The fourth-order valence-electron chi connectivity index (χ4n) is 3.23. The minimum absolute atomic E-state index is 0.0384. The number of amides is 1. The normalized spacial score (nSPS) is 24.2. The van der Waals surface area contributed by atoms with E-state index in [4.69, 9.17) is 14.2 Å². The van der Waals surface area contributed by atoms with Crippen LogP contribution in [-0.2, 0) is 19.0 Å². The maximum absolute atomic E-state index is 12.4. The molecule has 0 bridgehead atoms. The number of ether oxygens (including phenoxy) is 3. The summed E-state index contributed by atoms with van der Waals surface area (Å²) in [6.45, 7) is 16.3. The third-order valence-electron chi connectivity index (χ3n) is 5.11. The molecule has 0 saturated heterocycles. The Morgan fingerprint density at radius 2 is 2.00 bits per heavy atom. The van der Waals surface area contributed by atoms with Gasteiger partial charge in [0.1, 0.15) is 17.0 Å². The highest BCUT2D eigenvalue weighted by molar-refractivity contribution is 5.80. The van der Waals surface area contributed by atoms with E-state index < -0.39 is 11.2 Å². The topological polar surface area (TPSA) is 65.1 Å². The van der Waals surface area contributed by atoms with Crippen LogP contribution in [0.2, 0.25) is 0 Å². The lowest BCUT2D eigenvalue weighted by atomic mass is 9.87. The summed E-state index contributed by atoms with van der Waals surface area (Å²) in [5.41, 5.74) is 0.782. The van der Waals surface area contributed by atoms with Crippen LogP contribution in [0.5, 0.6) is 0 Å². The van der Waals surface area contributed by atoms with Gasteiger partial charge in [0.15, 0.2) is 0 Å². The largest absolute Gasteiger partial charge is 0.444 e. The SMILES string of the molecule is CC1=C2C=CC(C)(OCCCN(C(=O)OC(C)(C)C)C(C)C)C=C2OC(=O)C1C. The lowest BCUT2D eigenvalue weighted by Gasteiger charge is -2.33. The highest BCUT2D eigenvalue weighted by atomic mass is 16.6. The van der Waals surface area contributed by atoms with Gasteiger partial charge in [0.05, 0.1) is 5.92 Å². The second kappa shape index (κ2) is 8.74. The molecule has 162 valence electrons. The molecular formula is C23H35NO5. The zero-order valence-corrected chi connectivity index (χ0v) is 19.0. The van der Waals surface area contributed by atoms with Crippen molar-refractivity contribution in [1.82, 2.24) is 4.90 Å². The molecule has 29 heavy (non-hydrogen) atoms. The zero-order valence-electron chi connectivity index (χ0n) is 19.0. The van der Waals surface area contributed by atoms with E-state index in [1.807, 2.05) is 73.6 Å². The number of hydrogen-bond donors (Lipinski definition) is 0. The van der Waals surface area contributed by atoms with Gasteiger partial charge in [0, 0.05) is 24.8 Å². The van der Waals surface area contributed by atoms with Gasteiger partial charge in [-0.1, -0.05) is 6.08 Å². The second-order valence-corrected chi connectivity index (χ2v) is 9.23. The maximum Gasteiger partial charge on any atom is 0.410 e. The molecule has 1 aliphatic heterocycles. The third-order valence-corrected chi connectivity index (χ3v) is 5.11. The third kappa shape index (κ3) is 5.95. The average Bonchev–Trinajstić information content (AvgIpc) is 2.57. The van der Waals surface area contributed by atoms with Gasteiger partial charge in [0.2, 0.25) is 0 Å². The molecule has 1 heterocycles.